The Balaban J connectivity index is 1.59. The van der Waals surface area contributed by atoms with E-state index in [1.165, 1.54) is 5.56 Å². The molecule has 0 aliphatic rings. The van der Waals surface area contributed by atoms with Gasteiger partial charge in [-0.15, -0.1) is 0 Å². The Kier molecular flexibility index (Phi) is 5.66. The molecular weight excluding hydrogens is 340 g/mol. The zero-order valence-corrected chi connectivity index (χ0v) is 16.1. The molecule has 0 fully saturated rings. The number of benzene rings is 2. The maximum atomic E-state index is 12.4. The molecule has 27 heavy (non-hydrogen) atoms. The Morgan fingerprint density at radius 1 is 1.11 bits per heavy atom. The fraction of sp³-hybridized carbons (Fsp3) is 0.286. The number of hydrogen-bond acceptors (Lipinski definition) is 5. The van der Waals surface area contributed by atoms with Gasteiger partial charge in [-0.2, -0.15) is 4.98 Å². The second-order valence-corrected chi connectivity index (χ2v) is 6.87. The van der Waals surface area contributed by atoms with E-state index in [0.29, 0.717) is 18.3 Å². The zero-order valence-electron chi connectivity index (χ0n) is 16.1. The summed E-state index contributed by atoms with van der Waals surface area (Å²) in [6, 6.07) is 13.8. The summed E-state index contributed by atoms with van der Waals surface area (Å²) < 4.78 is 5.31. The highest BCUT2D eigenvalue weighted by Crippen LogP contribution is 2.22. The van der Waals surface area contributed by atoms with E-state index < -0.39 is 0 Å². The van der Waals surface area contributed by atoms with E-state index in [2.05, 4.69) is 27.6 Å². The van der Waals surface area contributed by atoms with Gasteiger partial charge in [0.15, 0.2) is 0 Å². The first-order chi connectivity index (χ1) is 12.9. The molecule has 0 aliphatic carbocycles. The number of aryl methyl sites for hydroxylation is 3. The molecule has 140 valence electrons. The lowest BCUT2D eigenvalue weighted by molar-refractivity contribution is -0.117. The van der Waals surface area contributed by atoms with Crippen LogP contribution in [0, 0.1) is 20.8 Å². The van der Waals surface area contributed by atoms with Gasteiger partial charge < -0.3 is 9.84 Å². The van der Waals surface area contributed by atoms with Gasteiger partial charge >= 0.3 is 0 Å². The molecule has 1 aromatic heterocycles. The van der Waals surface area contributed by atoms with Crippen LogP contribution in [0.25, 0.3) is 11.4 Å². The summed E-state index contributed by atoms with van der Waals surface area (Å²) >= 11 is 0. The number of carbonyl (C=O) groups excluding carboxylic acids is 1. The summed E-state index contributed by atoms with van der Waals surface area (Å²) in [6.07, 6.45) is 0. The lowest BCUT2D eigenvalue weighted by Gasteiger charge is -2.16. The van der Waals surface area contributed by atoms with Crippen LogP contribution in [-0.4, -0.2) is 34.5 Å². The van der Waals surface area contributed by atoms with Gasteiger partial charge in [-0.05, 0) is 38.9 Å². The molecule has 0 saturated carbocycles. The largest absolute Gasteiger partial charge is 0.338 e. The van der Waals surface area contributed by atoms with Crippen molar-refractivity contribution < 1.29 is 9.32 Å². The molecule has 0 saturated heterocycles. The highest BCUT2D eigenvalue weighted by molar-refractivity contribution is 5.93. The van der Waals surface area contributed by atoms with Gasteiger partial charge in [-0.25, -0.2) is 0 Å². The van der Waals surface area contributed by atoms with Crippen LogP contribution in [0.3, 0.4) is 0 Å². The standard InChI is InChI=1S/C21H24N4O2/c1-14-10-15(2)20(16(3)11-14)22-18(26)12-25(4)13-19-23-21(24-27-19)17-8-6-5-7-9-17/h5-11H,12-13H2,1-4H3,(H,22,26). The van der Waals surface area contributed by atoms with Gasteiger partial charge in [-0.1, -0.05) is 53.2 Å². The minimum atomic E-state index is -0.0737. The summed E-state index contributed by atoms with van der Waals surface area (Å²) in [5.74, 6) is 0.955. The van der Waals surface area contributed by atoms with Gasteiger partial charge in [0.05, 0.1) is 13.1 Å². The van der Waals surface area contributed by atoms with Crippen LogP contribution >= 0.6 is 0 Å². The fourth-order valence-electron chi connectivity index (χ4n) is 3.11. The molecule has 0 bridgehead atoms. The molecule has 0 atom stereocenters. The first kappa shape index (κ1) is 18.8. The monoisotopic (exact) mass is 364 g/mol. The third-order valence-electron chi connectivity index (χ3n) is 4.26. The predicted molar refractivity (Wildman–Crippen MR) is 105 cm³/mol. The number of amides is 1. The van der Waals surface area contributed by atoms with Crippen molar-refractivity contribution in [3.63, 3.8) is 0 Å². The minimum Gasteiger partial charge on any atom is -0.338 e. The predicted octanol–water partition coefficient (Wildman–Crippen LogP) is 3.73. The Bertz CT molecular complexity index is 911. The number of nitrogens with zero attached hydrogens (tertiary/aromatic N) is 3. The number of hydrogen-bond donors (Lipinski definition) is 1. The average Bonchev–Trinajstić information content (AvgIpc) is 3.07. The lowest BCUT2D eigenvalue weighted by atomic mass is 10.1. The van der Waals surface area contributed by atoms with E-state index in [4.69, 9.17) is 4.52 Å². The van der Waals surface area contributed by atoms with E-state index in [9.17, 15) is 4.79 Å². The molecule has 2 aromatic carbocycles. The molecule has 0 radical (unpaired) electrons. The lowest BCUT2D eigenvalue weighted by Crippen LogP contribution is -2.30. The van der Waals surface area contributed by atoms with Crippen LogP contribution in [-0.2, 0) is 11.3 Å². The van der Waals surface area contributed by atoms with Gasteiger partial charge in [0.1, 0.15) is 0 Å². The molecule has 1 heterocycles. The van der Waals surface area contributed by atoms with Crippen molar-refractivity contribution in [2.24, 2.45) is 0 Å². The van der Waals surface area contributed by atoms with E-state index in [0.717, 1.165) is 22.4 Å². The Morgan fingerprint density at radius 3 is 2.44 bits per heavy atom. The van der Waals surface area contributed by atoms with E-state index >= 15 is 0 Å². The van der Waals surface area contributed by atoms with Gasteiger partial charge in [0, 0.05) is 11.3 Å². The van der Waals surface area contributed by atoms with Crippen molar-refractivity contribution in [1.29, 1.82) is 0 Å². The quantitative estimate of drug-likeness (QED) is 0.721. The van der Waals surface area contributed by atoms with E-state index in [1.807, 2.05) is 63.1 Å². The van der Waals surface area contributed by atoms with Crippen molar-refractivity contribution >= 4 is 11.6 Å². The maximum absolute atomic E-state index is 12.4. The number of aromatic nitrogens is 2. The normalized spacial score (nSPS) is 11.0. The van der Waals surface area contributed by atoms with E-state index in [-0.39, 0.29) is 12.5 Å². The third-order valence-corrected chi connectivity index (χ3v) is 4.26. The van der Waals surface area contributed by atoms with Gasteiger partial charge in [-0.3, -0.25) is 9.69 Å². The molecule has 3 aromatic rings. The number of anilines is 1. The summed E-state index contributed by atoms with van der Waals surface area (Å²) in [5.41, 5.74) is 5.09. The number of likely N-dealkylation sites (N-methyl/N-ethyl adjacent to an activating group) is 1. The molecular formula is C21H24N4O2. The van der Waals surface area contributed by atoms with Crippen LogP contribution in [0.5, 0.6) is 0 Å². The van der Waals surface area contributed by atoms with Gasteiger partial charge in [0.2, 0.25) is 17.6 Å². The van der Waals surface area contributed by atoms with Crippen molar-refractivity contribution in [3.8, 4) is 11.4 Å². The summed E-state index contributed by atoms with van der Waals surface area (Å²) in [4.78, 5) is 18.7. The number of carbonyl (C=O) groups is 1. The molecule has 6 nitrogen and oxygen atoms in total. The van der Waals surface area contributed by atoms with E-state index in [1.54, 1.807) is 0 Å². The van der Waals surface area contributed by atoms with Crippen molar-refractivity contribution in [2.45, 2.75) is 27.3 Å². The minimum absolute atomic E-state index is 0.0737. The average molecular weight is 364 g/mol. The first-order valence-corrected chi connectivity index (χ1v) is 8.86. The Hall–Kier alpha value is -2.99. The highest BCUT2D eigenvalue weighted by atomic mass is 16.5. The summed E-state index contributed by atoms with van der Waals surface area (Å²) in [5, 5.41) is 7.01. The van der Waals surface area contributed by atoms with Gasteiger partial charge in [0.25, 0.3) is 0 Å². The van der Waals surface area contributed by atoms with Crippen LogP contribution in [0.15, 0.2) is 47.0 Å². The molecule has 0 spiro atoms. The second-order valence-electron chi connectivity index (χ2n) is 6.87. The summed E-state index contributed by atoms with van der Waals surface area (Å²) in [7, 11) is 1.85. The molecule has 3 rings (SSSR count). The topological polar surface area (TPSA) is 71.3 Å². The van der Waals surface area contributed by atoms with Crippen LogP contribution in [0.4, 0.5) is 5.69 Å². The van der Waals surface area contributed by atoms with Crippen molar-refractivity contribution in [3.05, 3.63) is 65.0 Å². The zero-order chi connectivity index (χ0) is 19.4. The van der Waals surface area contributed by atoms with Crippen LogP contribution < -0.4 is 5.32 Å². The SMILES string of the molecule is Cc1cc(C)c(NC(=O)CN(C)Cc2nc(-c3ccccc3)no2)c(C)c1. The van der Waals surface area contributed by atoms with Crippen LogP contribution in [0.1, 0.15) is 22.6 Å². The molecule has 1 amide bonds. The first-order valence-electron chi connectivity index (χ1n) is 8.86. The molecule has 0 aliphatic heterocycles. The molecule has 6 heteroatoms. The number of rotatable bonds is 6. The maximum Gasteiger partial charge on any atom is 0.241 e. The number of nitrogens with one attached hydrogen (secondary N) is 1. The van der Waals surface area contributed by atoms with Crippen LogP contribution in [0.2, 0.25) is 0 Å². The Morgan fingerprint density at radius 2 is 1.78 bits per heavy atom. The third kappa shape index (κ3) is 4.80. The Labute approximate surface area is 159 Å². The molecule has 0 unspecified atom stereocenters. The highest BCUT2D eigenvalue weighted by Gasteiger charge is 2.14. The fourth-order valence-corrected chi connectivity index (χ4v) is 3.11. The molecule has 1 N–H and O–H groups in total. The smallest absolute Gasteiger partial charge is 0.241 e. The summed E-state index contributed by atoms with van der Waals surface area (Å²) in [6.45, 7) is 6.69. The van der Waals surface area contributed by atoms with Crippen molar-refractivity contribution in [1.82, 2.24) is 15.0 Å². The second kappa shape index (κ2) is 8.14. The van der Waals surface area contributed by atoms with Crippen molar-refractivity contribution in [2.75, 3.05) is 18.9 Å².